The molecule has 0 fully saturated rings. The molecule has 0 aliphatic rings. The Hall–Kier alpha value is -2.21. The van der Waals surface area contributed by atoms with Crippen molar-refractivity contribution >= 4 is 17.9 Å². The smallest absolute Gasteiger partial charge is 0.346 e. The molecule has 0 radical (unpaired) electrons. The van der Waals surface area contributed by atoms with Gasteiger partial charge in [-0.2, -0.15) is 0 Å². The summed E-state index contributed by atoms with van der Waals surface area (Å²) < 4.78 is 9.76. The quantitative estimate of drug-likeness (QED) is 0.424. The lowest BCUT2D eigenvalue weighted by Gasteiger charge is -2.11. The van der Waals surface area contributed by atoms with Crippen molar-refractivity contribution in [2.24, 2.45) is 0 Å². The van der Waals surface area contributed by atoms with Crippen molar-refractivity contribution in [3.8, 4) is 0 Å². The maximum atomic E-state index is 12.1. The largest absolute Gasteiger partial charge is 0.462 e. The summed E-state index contributed by atoms with van der Waals surface area (Å²) in [6.45, 7) is 4.14. The van der Waals surface area contributed by atoms with Gasteiger partial charge in [0.2, 0.25) is 0 Å². The lowest BCUT2D eigenvalue weighted by molar-refractivity contribution is -0.147. The predicted molar refractivity (Wildman–Crippen MR) is 87.6 cm³/mol. The van der Waals surface area contributed by atoms with Crippen LogP contribution in [0.2, 0.25) is 0 Å². The molecular weight excluding hydrogens is 312 g/mol. The molecule has 0 aliphatic heterocycles. The molecule has 0 heterocycles. The number of carbonyl (C=O) groups is 3. The van der Waals surface area contributed by atoms with Crippen LogP contribution in [0, 0.1) is 0 Å². The highest BCUT2D eigenvalue weighted by Crippen LogP contribution is 2.13. The van der Waals surface area contributed by atoms with Crippen LogP contribution >= 0.6 is 0 Å². The molecule has 0 aromatic heterocycles. The minimum absolute atomic E-state index is 0.0365. The van der Waals surface area contributed by atoms with Gasteiger partial charge >= 0.3 is 17.9 Å². The molecule has 0 bridgehead atoms. The number of ether oxygens (including phenoxy) is 2. The molecule has 1 atom stereocenters. The second kappa shape index (κ2) is 10.5. The molecule has 0 aliphatic carbocycles. The normalized spacial score (nSPS) is 11.6. The second-order valence-corrected chi connectivity index (χ2v) is 5.40. The Morgan fingerprint density at radius 3 is 2.17 bits per heavy atom. The molecule has 6 heteroatoms. The Bertz CT molecular complexity index is 566. The van der Waals surface area contributed by atoms with Gasteiger partial charge in [0.15, 0.2) is 6.10 Å². The summed E-state index contributed by atoms with van der Waals surface area (Å²) in [5.41, 5.74) is -0.0236. The Morgan fingerprint density at radius 2 is 1.58 bits per heavy atom. The predicted octanol–water partition coefficient (Wildman–Crippen LogP) is 2.88. The van der Waals surface area contributed by atoms with Gasteiger partial charge in [-0.05, 0) is 25.0 Å². The maximum Gasteiger partial charge on any atom is 0.346 e. The van der Waals surface area contributed by atoms with Gasteiger partial charge in [-0.1, -0.05) is 45.2 Å². The Kier molecular flexibility index (Phi) is 8.71. The zero-order valence-corrected chi connectivity index (χ0v) is 14.1. The fourth-order valence-corrected chi connectivity index (χ4v) is 1.96. The van der Waals surface area contributed by atoms with Gasteiger partial charge in [-0.15, -0.1) is 0 Å². The van der Waals surface area contributed by atoms with E-state index in [0.717, 1.165) is 19.3 Å². The molecule has 1 rings (SSSR count). The third-order valence-electron chi connectivity index (χ3n) is 3.39. The average molecular weight is 336 g/mol. The van der Waals surface area contributed by atoms with E-state index in [0.29, 0.717) is 6.42 Å². The highest BCUT2D eigenvalue weighted by molar-refractivity contribution is 6.06. The van der Waals surface area contributed by atoms with Crippen LogP contribution in [-0.4, -0.2) is 35.7 Å². The molecule has 132 valence electrons. The third kappa shape index (κ3) is 6.12. The average Bonchev–Trinajstić information content (AvgIpc) is 2.59. The van der Waals surface area contributed by atoms with Crippen LogP contribution in [0.5, 0.6) is 0 Å². The van der Waals surface area contributed by atoms with Gasteiger partial charge in [0, 0.05) is 0 Å². The van der Waals surface area contributed by atoms with Gasteiger partial charge in [-0.3, -0.25) is 0 Å². The van der Waals surface area contributed by atoms with E-state index >= 15 is 0 Å². The van der Waals surface area contributed by atoms with E-state index in [9.17, 15) is 19.5 Å². The summed E-state index contributed by atoms with van der Waals surface area (Å²) in [4.78, 5) is 35.9. The summed E-state index contributed by atoms with van der Waals surface area (Å²) in [6, 6.07) is 5.95. The summed E-state index contributed by atoms with van der Waals surface area (Å²) in [5.74, 6) is -2.63. The topological polar surface area (TPSA) is 89.9 Å². The maximum absolute atomic E-state index is 12.1. The highest BCUT2D eigenvalue weighted by Gasteiger charge is 2.24. The molecule has 0 amide bonds. The van der Waals surface area contributed by atoms with Crippen molar-refractivity contribution in [3.63, 3.8) is 0 Å². The van der Waals surface area contributed by atoms with E-state index in [1.54, 1.807) is 12.1 Å². The number of esters is 3. The second-order valence-electron chi connectivity index (χ2n) is 5.40. The number of aliphatic hydroxyl groups is 1. The van der Waals surface area contributed by atoms with Gasteiger partial charge in [-0.25, -0.2) is 14.4 Å². The van der Waals surface area contributed by atoms with Crippen LogP contribution in [-0.2, 0) is 14.3 Å². The zero-order valence-electron chi connectivity index (χ0n) is 14.1. The first-order chi connectivity index (χ1) is 11.5. The van der Waals surface area contributed by atoms with Crippen LogP contribution < -0.4 is 0 Å². The fraction of sp³-hybridized carbons (Fsp3) is 0.500. The number of aliphatic hydroxyl groups excluding tert-OH is 1. The molecular formula is C18H24O6. The van der Waals surface area contributed by atoms with Crippen molar-refractivity contribution < 1.29 is 29.0 Å². The molecule has 24 heavy (non-hydrogen) atoms. The van der Waals surface area contributed by atoms with Gasteiger partial charge in [0.25, 0.3) is 0 Å². The summed E-state index contributed by atoms with van der Waals surface area (Å²) >= 11 is 0. The van der Waals surface area contributed by atoms with Crippen LogP contribution in [0.15, 0.2) is 24.3 Å². The Labute approximate surface area is 141 Å². The van der Waals surface area contributed by atoms with Gasteiger partial charge in [0.1, 0.15) is 0 Å². The van der Waals surface area contributed by atoms with Crippen LogP contribution in [0.4, 0.5) is 0 Å². The SMILES string of the molecule is CCCCOC(=O)c1ccccc1C(=O)OC(=O)C(O)CCCC. The lowest BCUT2D eigenvalue weighted by Crippen LogP contribution is -2.26. The van der Waals surface area contributed by atoms with E-state index in [-0.39, 0.29) is 24.2 Å². The molecule has 0 saturated carbocycles. The molecule has 1 unspecified atom stereocenters. The molecule has 0 spiro atoms. The van der Waals surface area contributed by atoms with Crippen LogP contribution in [0.25, 0.3) is 0 Å². The number of benzene rings is 1. The molecule has 1 aromatic rings. The minimum Gasteiger partial charge on any atom is -0.462 e. The zero-order chi connectivity index (χ0) is 17.9. The minimum atomic E-state index is -1.35. The summed E-state index contributed by atoms with van der Waals surface area (Å²) in [7, 11) is 0. The molecule has 1 N–H and O–H groups in total. The van der Waals surface area contributed by atoms with Crippen molar-refractivity contribution in [1.82, 2.24) is 0 Å². The summed E-state index contributed by atoms with van der Waals surface area (Å²) in [6.07, 6.45) is 1.93. The lowest BCUT2D eigenvalue weighted by atomic mass is 10.1. The van der Waals surface area contributed by atoms with Crippen molar-refractivity contribution in [2.45, 2.75) is 52.1 Å². The highest BCUT2D eigenvalue weighted by atomic mass is 16.6. The number of hydrogen-bond acceptors (Lipinski definition) is 6. The fourth-order valence-electron chi connectivity index (χ4n) is 1.96. The first kappa shape index (κ1) is 19.8. The monoisotopic (exact) mass is 336 g/mol. The third-order valence-corrected chi connectivity index (χ3v) is 3.39. The molecule has 1 aromatic carbocycles. The molecule has 0 saturated heterocycles. The Balaban J connectivity index is 2.77. The van der Waals surface area contributed by atoms with Crippen molar-refractivity contribution in [3.05, 3.63) is 35.4 Å². The Morgan fingerprint density at radius 1 is 1.00 bits per heavy atom. The van der Waals surface area contributed by atoms with E-state index in [4.69, 9.17) is 4.74 Å². The van der Waals surface area contributed by atoms with E-state index in [2.05, 4.69) is 4.74 Å². The standard InChI is InChI=1S/C18H24O6/c1-3-5-11-15(19)18(22)24-17(21)14-10-8-7-9-13(14)16(20)23-12-6-4-2/h7-10,15,19H,3-6,11-12H2,1-2H3. The number of hydrogen-bond donors (Lipinski definition) is 1. The van der Waals surface area contributed by atoms with Crippen LogP contribution in [0.3, 0.4) is 0 Å². The van der Waals surface area contributed by atoms with Crippen molar-refractivity contribution in [1.29, 1.82) is 0 Å². The van der Waals surface area contributed by atoms with Crippen molar-refractivity contribution in [2.75, 3.05) is 6.61 Å². The number of rotatable bonds is 9. The summed E-state index contributed by atoms with van der Waals surface area (Å²) in [5, 5.41) is 9.65. The number of carbonyl (C=O) groups excluding carboxylic acids is 3. The number of unbranched alkanes of at least 4 members (excludes halogenated alkanes) is 2. The van der Waals surface area contributed by atoms with Gasteiger partial charge in [0.05, 0.1) is 17.7 Å². The van der Waals surface area contributed by atoms with Gasteiger partial charge < -0.3 is 14.6 Å². The van der Waals surface area contributed by atoms with E-state index in [1.165, 1.54) is 12.1 Å². The van der Waals surface area contributed by atoms with Crippen LogP contribution in [0.1, 0.15) is 66.7 Å². The first-order valence-corrected chi connectivity index (χ1v) is 8.21. The van der Waals surface area contributed by atoms with E-state index in [1.807, 2.05) is 13.8 Å². The van der Waals surface area contributed by atoms with E-state index < -0.39 is 24.0 Å². The first-order valence-electron chi connectivity index (χ1n) is 8.21. The molecule has 6 nitrogen and oxygen atoms in total.